The molecule has 5 heteroatoms. The van der Waals surface area contributed by atoms with Crippen LogP contribution in [0.25, 0.3) is 17.4 Å². The molecule has 1 aromatic heterocycles. The normalized spacial score (nSPS) is 15.5. The number of halogens is 1. The zero-order valence-electron chi connectivity index (χ0n) is 13.9. The number of hydrogen-bond acceptors (Lipinski definition) is 3. The van der Waals surface area contributed by atoms with E-state index < -0.39 is 0 Å². The van der Waals surface area contributed by atoms with E-state index in [4.69, 9.17) is 16.0 Å². The smallest absolute Gasteiger partial charge is 0.285 e. The summed E-state index contributed by atoms with van der Waals surface area (Å²) in [7, 11) is 0. The largest absolute Gasteiger partial charge is 0.457 e. The molecule has 3 aromatic rings. The molecule has 1 aliphatic rings. The Bertz CT molecular complexity index is 1030. The lowest BCUT2D eigenvalue weighted by atomic mass is 10.2. The van der Waals surface area contributed by atoms with Gasteiger partial charge in [0.15, 0.2) is 0 Å². The third-order valence-corrected chi connectivity index (χ3v) is 5.23. The zero-order valence-corrected chi connectivity index (χ0v) is 15.5. The summed E-state index contributed by atoms with van der Waals surface area (Å²) in [4.78, 5) is 16.9. The van der Waals surface area contributed by atoms with Crippen LogP contribution in [0.3, 0.4) is 0 Å². The first kappa shape index (κ1) is 16.9. The Kier molecular flexibility index (Phi) is 4.53. The van der Waals surface area contributed by atoms with E-state index in [1.807, 2.05) is 67.6 Å². The summed E-state index contributed by atoms with van der Waals surface area (Å²) in [6.07, 6.45) is 1.73. The number of carbonyl (C=O) groups is 1. The van der Waals surface area contributed by atoms with Gasteiger partial charge in [-0.1, -0.05) is 53.2 Å². The van der Waals surface area contributed by atoms with Gasteiger partial charge in [0.05, 0.1) is 4.91 Å². The molecule has 0 aliphatic carbocycles. The van der Waals surface area contributed by atoms with Gasteiger partial charge in [0.25, 0.3) is 5.91 Å². The fourth-order valence-electron chi connectivity index (χ4n) is 2.56. The van der Waals surface area contributed by atoms with Crippen molar-refractivity contribution in [3.63, 3.8) is 0 Å². The molecule has 0 bridgehead atoms. The molecule has 0 atom stereocenters. The third kappa shape index (κ3) is 3.52. The van der Waals surface area contributed by atoms with Crippen LogP contribution in [0.4, 0.5) is 0 Å². The number of carbonyl (C=O) groups excluding carboxylic acids is 1. The van der Waals surface area contributed by atoms with E-state index in [2.05, 4.69) is 4.99 Å². The maximum absolute atomic E-state index is 12.2. The molecule has 4 rings (SSSR count). The van der Waals surface area contributed by atoms with Crippen LogP contribution in [-0.4, -0.2) is 11.0 Å². The van der Waals surface area contributed by atoms with Crippen LogP contribution < -0.4 is 0 Å². The fraction of sp³-hybridized carbons (Fsp3) is 0.0476. The molecule has 0 unspecified atom stereocenters. The van der Waals surface area contributed by atoms with Crippen LogP contribution in [0, 0.1) is 6.92 Å². The highest BCUT2D eigenvalue weighted by molar-refractivity contribution is 8.19. The molecule has 1 amide bonds. The minimum atomic E-state index is -0.241. The molecule has 3 nitrogen and oxygen atoms in total. The van der Waals surface area contributed by atoms with Crippen molar-refractivity contribution < 1.29 is 9.21 Å². The minimum Gasteiger partial charge on any atom is -0.457 e. The van der Waals surface area contributed by atoms with Crippen molar-refractivity contribution in [1.82, 2.24) is 0 Å². The quantitative estimate of drug-likeness (QED) is 0.526. The van der Waals surface area contributed by atoms with E-state index in [1.165, 1.54) is 17.3 Å². The van der Waals surface area contributed by atoms with Gasteiger partial charge in [-0.05, 0) is 43.3 Å². The summed E-state index contributed by atoms with van der Waals surface area (Å²) in [6.45, 7) is 2.03. The van der Waals surface area contributed by atoms with Crippen molar-refractivity contribution in [3.05, 3.63) is 87.5 Å². The Labute approximate surface area is 160 Å². The number of benzene rings is 2. The molecule has 2 heterocycles. The van der Waals surface area contributed by atoms with Crippen molar-refractivity contribution in [2.24, 2.45) is 4.99 Å². The molecule has 0 saturated heterocycles. The molecular formula is C21H14ClNO2S. The maximum Gasteiger partial charge on any atom is 0.285 e. The topological polar surface area (TPSA) is 42.6 Å². The molecule has 0 fully saturated rings. The van der Waals surface area contributed by atoms with Gasteiger partial charge in [-0.2, -0.15) is 0 Å². The second-order valence-electron chi connectivity index (χ2n) is 5.91. The van der Waals surface area contributed by atoms with Gasteiger partial charge in [0.1, 0.15) is 16.6 Å². The molecule has 0 saturated carbocycles. The number of aliphatic imine (C=N–C) groups is 1. The summed E-state index contributed by atoms with van der Waals surface area (Å²) in [6, 6.07) is 19.1. The van der Waals surface area contributed by atoms with Crippen LogP contribution in [0.2, 0.25) is 5.02 Å². The highest BCUT2D eigenvalue weighted by Gasteiger charge is 2.23. The highest BCUT2D eigenvalue weighted by atomic mass is 35.5. The number of rotatable bonds is 3. The van der Waals surface area contributed by atoms with E-state index in [0.29, 0.717) is 20.7 Å². The van der Waals surface area contributed by atoms with Gasteiger partial charge >= 0.3 is 0 Å². The van der Waals surface area contributed by atoms with Crippen LogP contribution in [0.15, 0.2) is 75.0 Å². The lowest BCUT2D eigenvalue weighted by Gasteiger charge is -1.99. The standard InChI is InChI=1S/C21H14ClNO2S/c1-13-2-4-15(5-3-13)21-23-20(24)19(26-21)12-17-10-11-18(25-17)14-6-8-16(22)9-7-14/h2-12H,1H3/b19-12-. The second-order valence-corrected chi connectivity index (χ2v) is 7.37. The Hall–Kier alpha value is -2.56. The maximum atomic E-state index is 12.2. The summed E-state index contributed by atoms with van der Waals surface area (Å²) in [5.41, 5.74) is 3.05. The number of aryl methyl sites for hydroxylation is 1. The summed E-state index contributed by atoms with van der Waals surface area (Å²) < 4.78 is 5.84. The average Bonchev–Trinajstić information content (AvgIpc) is 3.24. The SMILES string of the molecule is Cc1ccc(C2=NC(=O)/C(=C/c3ccc(-c4ccc(Cl)cc4)o3)S2)cc1. The van der Waals surface area contributed by atoms with Crippen LogP contribution >= 0.6 is 23.4 Å². The van der Waals surface area contributed by atoms with Crippen molar-refractivity contribution >= 4 is 40.4 Å². The first-order valence-electron chi connectivity index (χ1n) is 8.04. The van der Waals surface area contributed by atoms with E-state index in [1.54, 1.807) is 6.08 Å². The monoisotopic (exact) mass is 379 g/mol. The number of hydrogen-bond donors (Lipinski definition) is 0. The second kappa shape index (κ2) is 6.98. The Morgan fingerprint density at radius 3 is 2.38 bits per heavy atom. The van der Waals surface area contributed by atoms with E-state index in [9.17, 15) is 4.79 Å². The Morgan fingerprint density at radius 1 is 0.962 bits per heavy atom. The van der Waals surface area contributed by atoms with Gasteiger partial charge in [-0.3, -0.25) is 4.79 Å². The number of furan rings is 1. The van der Waals surface area contributed by atoms with Crippen molar-refractivity contribution in [1.29, 1.82) is 0 Å². The molecule has 0 N–H and O–H groups in total. The molecule has 1 aliphatic heterocycles. The first-order chi connectivity index (χ1) is 12.6. The van der Waals surface area contributed by atoms with Gasteiger partial charge in [-0.25, -0.2) is 4.99 Å². The minimum absolute atomic E-state index is 0.241. The predicted molar refractivity (Wildman–Crippen MR) is 107 cm³/mol. The summed E-state index contributed by atoms with van der Waals surface area (Å²) in [5, 5.41) is 1.39. The molecule has 0 radical (unpaired) electrons. The van der Waals surface area contributed by atoms with Crippen LogP contribution in [-0.2, 0) is 4.79 Å². The van der Waals surface area contributed by atoms with Crippen molar-refractivity contribution in [3.8, 4) is 11.3 Å². The van der Waals surface area contributed by atoms with Gasteiger partial charge in [-0.15, -0.1) is 0 Å². The van der Waals surface area contributed by atoms with Gasteiger partial charge in [0, 0.05) is 22.2 Å². The number of thioether (sulfide) groups is 1. The number of nitrogens with zero attached hydrogens (tertiary/aromatic N) is 1. The molecular weight excluding hydrogens is 366 g/mol. The fourth-order valence-corrected chi connectivity index (χ4v) is 3.58. The number of amides is 1. The van der Waals surface area contributed by atoms with Crippen LogP contribution in [0.1, 0.15) is 16.9 Å². The lowest BCUT2D eigenvalue weighted by Crippen LogP contribution is -1.90. The van der Waals surface area contributed by atoms with Crippen molar-refractivity contribution in [2.45, 2.75) is 6.92 Å². The molecule has 26 heavy (non-hydrogen) atoms. The summed E-state index contributed by atoms with van der Waals surface area (Å²) >= 11 is 7.28. The highest BCUT2D eigenvalue weighted by Crippen LogP contribution is 2.33. The van der Waals surface area contributed by atoms with E-state index in [0.717, 1.165) is 16.9 Å². The molecule has 2 aromatic carbocycles. The molecule has 0 spiro atoms. The van der Waals surface area contributed by atoms with Gasteiger partial charge < -0.3 is 4.42 Å². The lowest BCUT2D eigenvalue weighted by molar-refractivity contribution is -0.113. The third-order valence-electron chi connectivity index (χ3n) is 3.95. The zero-order chi connectivity index (χ0) is 18.1. The van der Waals surface area contributed by atoms with E-state index >= 15 is 0 Å². The van der Waals surface area contributed by atoms with Crippen molar-refractivity contribution in [2.75, 3.05) is 0 Å². The summed E-state index contributed by atoms with van der Waals surface area (Å²) in [5.74, 6) is 1.10. The first-order valence-corrected chi connectivity index (χ1v) is 9.23. The Balaban J connectivity index is 1.55. The molecule has 128 valence electrons. The Morgan fingerprint density at radius 2 is 1.65 bits per heavy atom. The average molecular weight is 380 g/mol. The van der Waals surface area contributed by atoms with Crippen LogP contribution in [0.5, 0.6) is 0 Å². The predicted octanol–water partition coefficient (Wildman–Crippen LogP) is 5.97. The van der Waals surface area contributed by atoms with Gasteiger partial charge in [0.2, 0.25) is 0 Å². The van der Waals surface area contributed by atoms with E-state index in [-0.39, 0.29) is 5.91 Å².